The smallest absolute Gasteiger partial charge is 0.251 e. The van der Waals surface area contributed by atoms with Gasteiger partial charge in [0.25, 0.3) is 5.91 Å². The number of benzene rings is 1. The van der Waals surface area contributed by atoms with Gasteiger partial charge in [-0.05, 0) is 30.5 Å². The van der Waals surface area contributed by atoms with Gasteiger partial charge in [-0.15, -0.1) is 0 Å². The molecule has 1 aromatic carbocycles. The number of hydrogen-bond acceptors (Lipinski definition) is 3. The summed E-state index contributed by atoms with van der Waals surface area (Å²) in [5.74, 6) is 1.34. The van der Waals surface area contributed by atoms with Crippen LogP contribution in [0.2, 0.25) is 0 Å². The number of nitrogens with two attached hydrogens (primary N) is 1. The van der Waals surface area contributed by atoms with Crippen LogP contribution in [0.5, 0.6) is 5.75 Å². The van der Waals surface area contributed by atoms with E-state index in [0.29, 0.717) is 17.0 Å². The second-order valence-electron chi connectivity index (χ2n) is 4.80. The van der Waals surface area contributed by atoms with Gasteiger partial charge in [-0.3, -0.25) is 4.79 Å². The molecular weight excluding hydrogens is 228 g/mol. The molecule has 0 radical (unpaired) electrons. The second-order valence-corrected chi connectivity index (χ2v) is 4.80. The molecule has 0 saturated heterocycles. The van der Waals surface area contributed by atoms with Crippen LogP contribution in [0.3, 0.4) is 0 Å². The van der Waals surface area contributed by atoms with E-state index in [2.05, 4.69) is 5.32 Å². The van der Waals surface area contributed by atoms with Crippen molar-refractivity contribution in [2.45, 2.75) is 25.7 Å². The first-order chi connectivity index (χ1) is 8.70. The Morgan fingerprint density at radius 1 is 1.50 bits per heavy atom. The first kappa shape index (κ1) is 12.7. The largest absolute Gasteiger partial charge is 0.495 e. The van der Waals surface area contributed by atoms with Gasteiger partial charge < -0.3 is 15.8 Å². The summed E-state index contributed by atoms with van der Waals surface area (Å²) < 4.78 is 5.06. The highest BCUT2D eigenvalue weighted by molar-refractivity contribution is 5.95. The monoisotopic (exact) mass is 248 g/mol. The van der Waals surface area contributed by atoms with Gasteiger partial charge in [0.15, 0.2) is 0 Å². The molecular formula is C14H20N2O2. The van der Waals surface area contributed by atoms with Crippen molar-refractivity contribution in [3.8, 4) is 5.75 Å². The topological polar surface area (TPSA) is 64.3 Å². The number of amides is 1. The van der Waals surface area contributed by atoms with Crippen molar-refractivity contribution >= 4 is 11.6 Å². The molecule has 0 unspecified atom stereocenters. The molecule has 0 heterocycles. The van der Waals surface area contributed by atoms with E-state index in [1.54, 1.807) is 25.3 Å². The molecule has 0 spiro atoms. The maximum atomic E-state index is 11.9. The maximum Gasteiger partial charge on any atom is 0.251 e. The van der Waals surface area contributed by atoms with Crippen molar-refractivity contribution in [3.05, 3.63) is 23.8 Å². The lowest BCUT2D eigenvalue weighted by Gasteiger charge is -2.25. The van der Waals surface area contributed by atoms with Crippen molar-refractivity contribution < 1.29 is 9.53 Å². The number of rotatable bonds is 5. The Morgan fingerprint density at radius 2 is 2.28 bits per heavy atom. The quantitative estimate of drug-likeness (QED) is 0.785. The lowest BCUT2D eigenvalue weighted by molar-refractivity contribution is 0.0949. The maximum absolute atomic E-state index is 11.9. The molecule has 0 aromatic heterocycles. The van der Waals surface area contributed by atoms with Crippen LogP contribution in [-0.4, -0.2) is 19.6 Å². The van der Waals surface area contributed by atoms with Gasteiger partial charge in [0.05, 0.1) is 12.8 Å². The van der Waals surface area contributed by atoms with E-state index in [1.165, 1.54) is 19.3 Å². The van der Waals surface area contributed by atoms with E-state index in [-0.39, 0.29) is 5.91 Å². The highest BCUT2D eigenvalue weighted by Gasteiger charge is 2.17. The number of methoxy groups -OCH3 is 1. The molecule has 3 N–H and O–H groups in total. The number of ether oxygens (including phenoxy) is 1. The van der Waals surface area contributed by atoms with Crippen molar-refractivity contribution in [1.82, 2.24) is 5.32 Å². The predicted octanol–water partition coefficient (Wildman–Crippen LogP) is 2.20. The lowest BCUT2D eigenvalue weighted by atomic mass is 9.83. The average molecular weight is 248 g/mol. The second kappa shape index (κ2) is 5.76. The fourth-order valence-corrected chi connectivity index (χ4v) is 2.15. The Morgan fingerprint density at radius 3 is 2.83 bits per heavy atom. The van der Waals surface area contributed by atoms with Crippen LogP contribution < -0.4 is 15.8 Å². The average Bonchev–Trinajstić information content (AvgIpc) is 2.32. The van der Waals surface area contributed by atoms with Crippen molar-refractivity contribution in [1.29, 1.82) is 0 Å². The van der Waals surface area contributed by atoms with E-state index < -0.39 is 0 Å². The molecule has 1 amide bonds. The van der Waals surface area contributed by atoms with Gasteiger partial charge >= 0.3 is 0 Å². The molecule has 0 atom stereocenters. The van der Waals surface area contributed by atoms with Crippen LogP contribution in [0.4, 0.5) is 5.69 Å². The number of nitrogens with one attached hydrogen (secondary N) is 1. The van der Waals surface area contributed by atoms with Crippen molar-refractivity contribution in [3.63, 3.8) is 0 Å². The summed E-state index contributed by atoms with van der Waals surface area (Å²) in [4.78, 5) is 11.9. The van der Waals surface area contributed by atoms with Gasteiger partial charge in [-0.25, -0.2) is 0 Å². The number of hydrogen-bond donors (Lipinski definition) is 2. The third kappa shape index (κ3) is 2.94. The third-order valence-electron chi connectivity index (χ3n) is 3.55. The fraction of sp³-hybridized carbons (Fsp3) is 0.500. The number of anilines is 1. The zero-order valence-electron chi connectivity index (χ0n) is 10.7. The van der Waals surface area contributed by atoms with Crippen LogP contribution in [0.25, 0.3) is 0 Å². The van der Waals surface area contributed by atoms with Crippen LogP contribution in [-0.2, 0) is 0 Å². The highest BCUT2D eigenvalue weighted by atomic mass is 16.5. The van der Waals surface area contributed by atoms with E-state index in [9.17, 15) is 4.79 Å². The highest BCUT2D eigenvalue weighted by Crippen LogP contribution is 2.28. The Labute approximate surface area is 108 Å². The van der Waals surface area contributed by atoms with Gasteiger partial charge in [-0.1, -0.05) is 19.3 Å². The molecule has 1 aromatic rings. The minimum atomic E-state index is -0.0660. The Hall–Kier alpha value is -1.71. The standard InChI is InChI=1S/C14H20N2O2/c1-18-13-6-5-11(9-12(13)15)14(17)16-8-7-10-3-2-4-10/h5-6,9-10H,2-4,7-8,15H2,1H3,(H,16,17). The Kier molecular flexibility index (Phi) is 4.07. The summed E-state index contributed by atoms with van der Waals surface area (Å²) in [6.45, 7) is 0.745. The number of carbonyl (C=O) groups is 1. The van der Waals surface area contributed by atoms with E-state index in [1.807, 2.05) is 0 Å². The van der Waals surface area contributed by atoms with Crippen LogP contribution in [0, 0.1) is 5.92 Å². The lowest BCUT2D eigenvalue weighted by Crippen LogP contribution is -2.27. The molecule has 18 heavy (non-hydrogen) atoms. The summed E-state index contributed by atoms with van der Waals surface area (Å²) >= 11 is 0. The zero-order chi connectivity index (χ0) is 13.0. The summed E-state index contributed by atoms with van der Waals surface area (Å²) in [6, 6.07) is 5.10. The molecule has 0 bridgehead atoms. The minimum Gasteiger partial charge on any atom is -0.495 e. The molecule has 1 saturated carbocycles. The molecule has 1 aliphatic carbocycles. The van der Waals surface area contributed by atoms with Gasteiger partial charge in [0.1, 0.15) is 5.75 Å². The minimum absolute atomic E-state index is 0.0660. The summed E-state index contributed by atoms with van der Waals surface area (Å²) in [6.07, 6.45) is 5.04. The summed E-state index contributed by atoms with van der Waals surface area (Å²) in [7, 11) is 1.56. The van der Waals surface area contributed by atoms with Crippen molar-refractivity contribution in [2.75, 3.05) is 19.4 Å². The number of nitrogen functional groups attached to an aromatic ring is 1. The van der Waals surface area contributed by atoms with Crippen LogP contribution in [0.15, 0.2) is 18.2 Å². The van der Waals surface area contributed by atoms with Crippen molar-refractivity contribution in [2.24, 2.45) is 5.92 Å². The number of carbonyl (C=O) groups excluding carboxylic acids is 1. The summed E-state index contributed by atoms with van der Waals surface area (Å²) in [5.41, 5.74) is 6.85. The fourth-order valence-electron chi connectivity index (χ4n) is 2.15. The van der Waals surface area contributed by atoms with E-state index in [0.717, 1.165) is 18.9 Å². The van der Waals surface area contributed by atoms with Gasteiger partial charge in [0, 0.05) is 12.1 Å². The SMILES string of the molecule is COc1ccc(C(=O)NCCC2CCC2)cc1N. The predicted molar refractivity (Wildman–Crippen MR) is 71.7 cm³/mol. The molecule has 98 valence electrons. The first-order valence-electron chi connectivity index (χ1n) is 6.42. The molecule has 0 aliphatic heterocycles. The van der Waals surface area contributed by atoms with Crippen LogP contribution in [0.1, 0.15) is 36.0 Å². The molecule has 1 fully saturated rings. The van der Waals surface area contributed by atoms with Gasteiger partial charge in [0.2, 0.25) is 0 Å². The zero-order valence-corrected chi connectivity index (χ0v) is 10.7. The van der Waals surface area contributed by atoms with E-state index in [4.69, 9.17) is 10.5 Å². The Balaban J connectivity index is 1.85. The molecule has 1 aliphatic rings. The Bertz CT molecular complexity index is 428. The normalized spacial score (nSPS) is 14.9. The third-order valence-corrected chi connectivity index (χ3v) is 3.55. The van der Waals surface area contributed by atoms with Crippen LogP contribution >= 0.6 is 0 Å². The molecule has 2 rings (SSSR count). The summed E-state index contributed by atoms with van der Waals surface area (Å²) in [5, 5.41) is 2.93. The van der Waals surface area contributed by atoms with Gasteiger partial charge in [-0.2, -0.15) is 0 Å². The molecule has 4 nitrogen and oxygen atoms in total. The molecule has 4 heteroatoms. The first-order valence-corrected chi connectivity index (χ1v) is 6.42. The van der Waals surface area contributed by atoms with E-state index >= 15 is 0 Å².